The monoisotopic (exact) mass is 361 g/mol. The first-order valence-corrected chi connectivity index (χ1v) is 6.59. The smallest absolute Gasteiger partial charge is 0.271 e. The summed E-state index contributed by atoms with van der Waals surface area (Å²) in [5.74, 6) is 0.707. The van der Waals surface area contributed by atoms with Crippen molar-refractivity contribution in [2.75, 3.05) is 0 Å². The van der Waals surface area contributed by atoms with E-state index in [1.165, 1.54) is 18.2 Å². The van der Waals surface area contributed by atoms with E-state index in [9.17, 15) is 10.1 Å². The molecule has 0 aliphatic heterocycles. The van der Waals surface area contributed by atoms with E-state index >= 15 is 0 Å². The zero-order chi connectivity index (χ0) is 14.0. The third kappa shape index (κ3) is 3.37. The molecule has 19 heavy (non-hydrogen) atoms. The van der Waals surface area contributed by atoms with Gasteiger partial charge in [0.15, 0.2) is 0 Å². The molecule has 0 amide bonds. The standard InChI is InChI=1S/C12H6BrCl2NO3/c13-7-1-3-9(14)12(5-7)19-11-4-2-8(16(17)18)6-10(11)15/h1-6H. The lowest BCUT2D eigenvalue weighted by Crippen LogP contribution is -1.90. The third-order valence-electron chi connectivity index (χ3n) is 2.24. The maximum Gasteiger partial charge on any atom is 0.271 e. The van der Waals surface area contributed by atoms with Gasteiger partial charge in [0.25, 0.3) is 5.69 Å². The Hall–Kier alpha value is -1.30. The van der Waals surface area contributed by atoms with Crippen LogP contribution in [0.2, 0.25) is 10.0 Å². The highest BCUT2D eigenvalue weighted by Gasteiger charge is 2.12. The summed E-state index contributed by atoms with van der Waals surface area (Å²) in [4.78, 5) is 10.1. The summed E-state index contributed by atoms with van der Waals surface area (Å²) in [7, 11) is 0. The number of benzene rings is 2. The van der Waals surface area contributed by atoms with E-state index < -0.39 is 4.92 Å². The van der Waals surface area contributed by atoms with Crippen LogP contribution in [0, 0.1) is 10.1 Å². The lowest BCUT2D eigenvalue weighted by Gasteiger charge is -2.09. The first-order valence-electron chi connectivity index (χ1n) is 5.04. The second-order valence-corrected chi connectivity index (χ2v) is 5.28. The van der Waals surface area contributed by atoms with Crippen LogP contribution in [-0.4, -0.2) is 4.92 Å². The number of rotatable bonds is 3. The second kappa shape index (κ2) is 5.77. The number of hydrogen-bond acceptors (Lipinski definition) is 3. The number of halogens is 3. The van der Waals surface area contributed by atoms with Crippen LogP contribution in [0.5, 0.6) is 11.5 Å². The summed E-state index contributed by atoms with van der Waals surface area (Å²) in [6.45, 7) is 0. The molecule has 0 radical (unpaired) electrons. The topological polar surface area (TPSA) is 52.4 Å². The predicted molar refractivity (Wildman–Crippen MR) is 77.3 cm³/mol. The molecule has 0 saturated carbocycles. The first-order chi connectivity index (χ1) is 8.97. The Morgan fingerprint density at radius 1 is 1.05 bits per heavy atom. The van der Waals surface area contributed by atoms with Crippen molar-refractivity contribution < 1.29 is 9.66 Å². The average Bonchev–Trinajstić information content (AvgIpc) is 2.36. The van der Waals surface area contributed by atoms with E-state index in [1.54, 1.807) is 18.2 Å². The predicted octanol–water partition coefficient (Wildman–Crippen LogP) is 5.46. The quantitative estimate of drug-likeness (QED) is 0.538. The van der Waals surface area contributed by atoms with Gasteiger partial charge in [0, 0.05) is 16.6 Å². The first kappa shape index (κ1) is 14.1. The maximum atomic E-state index is 10.6. The molecule has 0 aliphatic carbocycles. The Bertz CT molecular complexity index is 649. The van der Waals surface area contributed by atoms with E-state index in [2.05, 4.69) is 15.9 Å². The fourth-order valence-corrected chi connectivity index (χ4v) is 2.07. The molecule has 4 nitrogen and oxygen atoms in total. The molecular formula is C12H6BrCl2NO3. The van der Waals surface area contributed by atoms with Crippen LogP contribution in [0.15, 0.2) is 40.9 Å². The van der Waals surface area contributed by atoms with E-state index in [0.29, 0.717) is 16.5 Å². The van der Waals surface area contributed by atoms with Crippen molar-refractivity contribution in [2.45, 2.75) is 0 Å². The Kier molecular flexibility index (Phi) is 4.29. The van der Waals surface area contributed by atoms with Gasteiger partial charge in [-0.2, -0.15) is 0 Å². The highest BCUT2D eigenvalue weighted by Crippen LogP contribution is 2.36. The minimum absolute atomic E-state index is 0.0994. The van der Waals surface area contributed by atoms with Crippen molar-refractivity contribution in [3.8, 4) is 11.5 Å². The van der Waals surface area contributed by atoms with Gasteiger partial charge in [-0.1, -0.05) is 39.1 Å². The average molecular weight is 363 g/mol. The zero-order valence-corrected chi connectivity index (χ0v) is 12.4. The SMILES string of the molecule is O=[N+]([O-])c1ccc(Oc2cc(Br)ccc2Cl)c(Cl)c1. The summed E-state index contributed by atoms with van der Waals surface area (Å²) in [6, 6.07) is 9.08. The molecule has 0 saturated heterocycles. The van der Waals surface area contributed by atoms with Crippen LogP contribution in [0.4, 0.5) is 5.69 Å². The molecule has 0 fully saturated rings. The maximum absolute atomic E-state index is 10.6. The van der Waals surface area contributed by atoms with E-state index in [-0.39, 0.29) is 10.7 Å². The van der Waals surface area contributed by atoms with Gasteiger partial charge >= 0.3 is 0 Å². The van der Waals surface area contributed by atoms with Crippen molar-refractivity contribution in [1.82, 2.24) is 0 Å². The van der Waals surface area contributed by atoms with E-state index in [0.717, 1.165) is 4.47 Å². The number of nitrogens with zero attached hydrogens (tertiary/aromatic N) is 1. The number of nitro benzene ring substituents is 1. The van der Waals surface area contributed by atoms with Crippen LogP contribution in [-0.2, 0) is 0 Å². The fraction of sp³-hybridized carbons (Fsp3) is 0. The van der Waals surface area contributed by atoms with E-state index in [1.807, 2.05) is 0 Å². The molecular weight excluding hydrogens is 357 g/mol. The molecule has 0 heterocycles. The number of nitro groups is 1. The minimum atomic E-state index is -0.526. The van der Waals surface area contributed by atoms with Crippen LogP contribution in [0.3, 0.4) is 0 Å². The molecule has 2 aromatic rings. The molecule has 0 spiro atoms. The lowest BCUT2D eigenvalue weighted by atomic mass is 10.3. The van der Waals surface area contributed by atoms with Gasteiger partial charge < -0.3 is 4.74 Å². The molecule has 2 aromatic carbocycles. The normalized spacial score (nSPS) is 10.3. The minimum Gasteiger partial charge on any atom is -0.454 e. The summed E-state index contributed by atoms with van der Waals surface area (Å²) < 4.78 is 6.34. The Morgan fingerprint density at radius 2 is 1.79 bits per heavy atom. The summed E-state index contributed by atoms with van der Waals surface area (Å²) in [6.07, 6.45) is 0. The third-order valence-corrected chi connectivity index (χ3v) is 3.34. The van der Waals surface area contributed by atoms with Crippen LogP contribution < -0.4 is 4.74 Å². The Labute approximate surface area is 127 Å². The lowest BCUT2D eigenvalue weighted by molar-refractivity contribution is -0.384. The molecule has 0 N–H and O–H groups in total. The number of ether oxygens (including phenoxy) is 1. The van der Waals surface area contributed by atoms with Gasteiger partial charge in [-0.05, 0) is 24.3 Å². The molecule has 0 bridgehead atoms. The van der Waals surface area contributed by atoms with Crippen molar-refractivity contribution >= 4 is 44.8 Å². The Morgan fingerprint density at radius 3 is 2.42 bits per heavy atom. The van der Waals surface area contributed by atoms with Gasteiger partial charge in [-0.3, -0.25) is 10.1 Å². The van der Waals surface area contributed by atoms with Gasteiger partial charge in [0.1, 0.15) is 11.5 Å². The summed E-state index contributed by atoms with van der Waals surface area (Å²) >= 11 is 15.2. The van der Waals surface area contributed by atoms with Gasteiger partial charge in [-0.25, -0.2) is 0 Å². The van der Waals surface area contributed by atoms with Crippen LogP contribution >= 0.6 is 39.1 Å². The fourth-order valence-electron chi connectivity index (χ4n) is 1.36. The zero-order valence-electron chi connectivity index (χ0n) is 9.27. The van der Waals surface area contributed by atoms with Crippen molar-refractivity contribution in [3.05, 3.63) is 61.0 Å². The molecule has 0 aromatic heterocycles. The van der Waals surface area contributed by atoms with Crippen molar-refractivity contribution in [2.24, 2.45) is 0 Å². The number of non-ortho nitro benzene ring substituents is 1. The van der Waals surface area contributed by atoms with Crippen LogP contribution in [0.25, 0.3) is 0 Å². The summed E-state index contributed by atoms with van der Waals surface area (Å²) in [5.41, 5.74) is -0.0994. The molecule has 0 atom stereocenters. The molecule has 0 aliphatic rings. The molecule has 7 heteroatoms. The summed E-state index contributed by atoms with van der Waals surface area (Å²) in [5, 5.41) is 11.2. The van der Waals surface area contributed by atoms with Crippen molar-refractivity contribution in [3.63, 3.8) is 0 Å². The van der Waals surface area contributed by atoms with Gasteiger partial charge in [-0.15, -0.1) is 0 Å². The van der Waals surface area contributed by atoms with E-state index in [4.69, 9.17) is 27.9 Å². The largest absolute Gasteiger partial charge is 0.454 e. The number of hydrogen-bond donors (Lipinski definition) is 0. The molecule has 2 rings (SSSR count). The molecule has 98 valence electrons. The molecule has 0 unspecified atom stereocenters. The van der Waals surface area contributed by atoms with Crippen molar-refractivity contribution in [1.29, 1.82) is 0 Å². The van der Waals surface area contributed by atoms with Gasteiger partial charge in [0.2, 0.25) is 0 Å². The highest BCUT2D eigenvalue weighted by molar-refractivity contribution is 9.10. The van der Waals surface area contributed by atoms with Gasteiger partial charge in [0.05, 0.1) is 15.0 Å². The highest BCUT2D eigenvalue weighted by atomic mass is 79.9. The second-order valence-electron chi connectivity index (χ2n) is 3.55. The van der Waals surface area contributed by atoms with Crippen LogP contribution in [0.1, 0.15) is 0 Å². The Balaban J connectivity index is 2.33.